The van der Waals surface area contributed by atoms with Crippen LogP contribution in [-0.2, 0) is 24.0 Å². The van der Waals surface area contributed by atoms with Crippen molar-refractivity contribution in [1.82, 2.24) is 21.3 Å². The summed E-state index contributed by atoms with van der Waals surface area (Å²) in [4.78, 5) is 70.8. The highest BCUT2D eigenvalue weighted by Crippen LogP contribution is 2.26. The van der Waals surface area contributed by atoms with Gasteiger partial charge in [-0.2, -0.15) is 0 Å². The van der Waals surface area contributed by atoms with E-state index in [9.17, 15) is 24.0 Å². The number of ether oxygens (including phenoxy) is 1. The Bertz CT molecular complexity index is 1170. The maximum atomic E-state index is 13.8. The van der Waals surface area contributed by atoms with Crippen molar-refractivity contribution < 1.29 is 28.7 Å². The average Bonchev–Trinajstić information content (AvgIpc) is 2.94. The highest BCUT2D eigenvalue weighted by molar-refractivity contribution is 5.97. The number of methoxy groups -OCH3 is 1. The van der Waals surface area contributed by atoms with Gasteiger partial charge in [0.25, 0.3) is 0 Å². The predicted molar refractivity (Wildman–Crippen MR) is 158 cm³/mol. The standard InChI is InChI=1S/C29H45N7O6/c1-6-20-26(40)35-23(19-11-7-8-12-21(19)42-5)27(41)32-15-13-29(4,36-24(38)17(2)3)22(37)16-18(25(39)34-20)10-9-14-33-28(30)31/h7-8,11-12,17-18,20,23H,6,9-10,13-16H2,1-5H3,(H,32,41)(H,34,39)(H,35,40)(H,36,38)(H4,30,31,33)/t18-,20+,23-,29-/m1/s1. The van der Waals surface area contributed by atoms with Crippen LogP contribution in [0.4, 0.5) is 0 Å². The lowest BCUT2D eigenvalue weighted by Crippen LogP contribution is -2.57. The number of nitrogens with one attached hydrogen (secondary N) is 4. The fourth-order valence-corrected chi connectivity index (χ4v) is 4.62. The lowest BCUT2D eigenvalue weighted by molar-refractivity contribution is -0.137. The van der Waals surface area contributed by atoms with Gasteiger partial charge in [-0.15, -0.1) is 0 Å². The molecule has 1 fully saturated rings. The molecule has 232 valence electrons. The SMILES string of the molecule is CC[C@@H]1NC(=O)[C@H](CCCN=C(N)N)CC(=O)[C@](C)(NC(=O)C(C)C)CCNC(=O)[C@@H](c2ccccc2OC)NC1=O. The molecule has 4 amide bonds. The van der Waals surface area contributed by atoms with Gasteiger partial charge in [-0.1, -0.05) is 39.0 Å². The molecule has 1 aliphatic heterocycles. The Morgan fingerprint density at radius 3 is 2.43 bits per heavy atom. The van der Waals surface area contributed by atoms with Gasteiger partial charge in [-0.05, 0) is 38.7 Å². The van der Waals surface area contributed by atoms with Crippen LogP contribution in [0, 0.1) is 11.8 Å². The molecule has 0 radical (unpaired) electrons. The summed E-state index contributed by atoms with van der Waals surface area (Å²) in [6.07, 6.45) is 0.768. The monoisotopic (exact) mass is 587 g/mol. The molecule has 0 spiro atoms. The second kappa shape index (κ2) is 15.7. The Hall–Kier alpha value is -4.16. The number of amides is 4. The van der Waals surface area contributed by atoms with E-state index in [4.69, 9.17) is 16.2 Å². The Morgan fingerprint density at radius 2 is 1.81 bits per heavy atom. The quantitative estimate of drug-likeness (QED) is 0.135. The van der Waals surface area contributed by atoms with Crippen molar-refractivity contribution in [2.45, 2.75) is 77.4 Å². The molecule has 13 nitrogen and oxygen atoms in total. The number of nitrogens with zero attached hydrogens (tertiary/aromatic N) is 1. The van der Waals surface area contributed by atoms with E-state index in [-0.39, 0.29) is 56.4 Å². The number of Topliss-reactive ketones (excluding diaryl/α,β-unsaturated/α-hetero) is 1. The van der Waals surface area contributed by atoms with E-state index in [1.54, 1.807) is 52.0 Å². The number of nitrogens with two attached hydrogens (primary N) is 2. The van der Waals surface area contributed by atoms with Gasteiger partial charge in [-0.3, -0.25) is 29.0 Å². The van der Waals surface area contributed by atoms with Crippen molar-refractivity contribution >= 4 is 35.4 Å². The summed E-state index contributed by atoms with van der Waals surface area (Å²) < 4.78 is 5.43. The summed E-state index contributed by atoms with van der Waals surface area (Å²) in [6, 6.07) is 4.66. The van der Waals surface area contributed by atoms with Gasteiger partial charge in [0, 0.05) is 36.9 Å². The second-order valence-corrected chi connectivity index (χ2v) is 10.9. The number of ketones is 1. The first-order chi connectivity index (χ1) is 19.8. The Morgan fingerprint density at radius 1 is 1.12 bits per heavy atom. The van der Waals surface area contributed by atoms with E-state index >= 15 is 0 Å². The van der Waals surface area contributed by atoms with Crippen LogP contribution < -0.4 is 37.5 Å². The number of carbonyl (C=O) groups is 5. The third-order valence-electron chi connectivity index (χ3n) is 7.31. The fourth-order valence-electron chi connectivity index (χ4n) is 4.62. The normalized spacial score (nSPS) is 24.1. The Kier molecular flexibility index (Phi) is 12.8. The van der Waals surface area contributed by atoms with Crippen molar-refractivity contribution in [3.05, 3.63) is 29.8 Å². The number of rotatable bonds is 9. The molecule has 1 aromatic rings. The van der Waals surface area contributed by atoms with E-state index in [0.717, 1.165) is 0 Å². The average molecular weight is 588 g/mol. The van der Waals surface area contributed by atoms with E-state index < -0.39 is 47.2 Å². The van der Waals surface area contributed by atoms with Gasteiger partial charge < -0.3 is 37.5 Å². The summed E-state index contributed by atoms with van der Waals surface area (Å²) in [7, 11) is 1.46. The molecule has 8 N–H and O–H groups in total. The van der Waals surface area contributed by atoms with Crippen molar-refractivity contribution in [3.63, 3.8) is 0 Å². The molecular formula is C29H45N7O6. The molecule has 42 heavy (non-hydrogen) atoms. The van der Waals surface area contributed by atoms with Crippen molar-refractivity contribution in [2.75, 3.05) is 20.2 Å². The number of benzene rings is 1. The van der Waals surface area contributed by atoms with E-state index in [1.807, 2.05) is 0 Å². The van der Waals surface area contributed by atoms with Crippen LogP contribution >= 0.6 is 0 Å². The Labute approximate surface area is 247 Å². The minimum Gasteiger partial charge on any atom is -0.496 e. The molecule has 13 heteroatoms. The summed E-state index contributed by atoms with van der Waals surface area (Å²) >= 11 is 0. The zero-order valence-electron chi connectivity index (χ0n) is 25.1. The number of hydrogen-bond donors (Lipinski definition) is 6. The number of para-hydroxylation sites is 1. The topological polar surface area (TPSA) is 207 Å². The van der Waals surface area contributed by atoms with E-state index in [0.29, 0.717) is 17.7 Å². The van der Waals surface area contributed by atoms with Gasteiger partial charge in [0.15, 0.2) is 11.7 Å². The summed E-state index contributed by atoms with van der Waals surface area (Å²) in [5.41, 5.74) is 9.88. The number of carbonyl (C=O) groups excluding carboxylic acids is 5. The molecule has 0 bridgehead atoms. The van der Waals surface area contributed by atoms with Crippen molar-refractivity contribution in [3.8, 4) is 5.75 Å². The molecule has 1 heterocycles. The molecule has 0 aromatic heterocycles. The maximum Gasteiger partial charge on any atom is 0.247 e. The summed E-state index contributed by atoms with van der Waals surface area (Å²) in [6.45, 7) is 7.00. The van der Waals surface area contributed by atoms with Crippen LogP contribution in [0.3, 0.4) is 0 Å². The van der Waals surface area contributed by atoms with Crippen LogP contribution in [0.15, 0.2) is 29.3 Å². The molecule has 0 saturated carbocycles. The first-order valence-electron chi connectivity index (χ1n) is 14.2. The largest absolute Gasteiger partial charge is 0.496 e. The summed E-state index contributed by atoms with van der Waals surface area (Å²) in [5.74, 6) is -3.20. The smallest absolute Gasteiger partial charge is 0.247 e. The van der Waals surface area contributed by atoms with Gasteiger partial charge in [0.05, 0.1) is 12.6 Å². The third-order valence-corrected chi connectivity index (χ3v) is 7.31. The molecule has 1 aliphatic rings. The first kappa shape index (κ1) is 34.0. The first-order valence-corrected chi connectivity index (χ1v) is 14.2. The van der Waals surface area contributed by atoms with Gasteiger partial charge in [-0.25, -0.2) is 0 Å². The van der Waals surface area contributed by atoms with E-state index in [1.165, 1.54) is 7.11 Å². The fraction of sp³-hybridized carbons (Fsp3) is 0.586. The highest BCUT2D eigenvalue weighted by Gasteiger charge is 2.39. The van der Waals surface area contributed by atoms with Gasteiger partial charge >= 0.3 is 0 Å². The minimum absolute atomic E-state index is 0.0134. The van der Waals surface area contributed by atoms with E-state index in [2.05, 4.69) is 26.3 Å². The van der Waals surface area contributed by atoms with Crippen LogP contribution in [0.5, 0.6) is 5.75 Å². The van der Waals surface area contributed by atoms with Crippen LogP contribution in [0.25, 0.3) is 0 Å². The van der Waals surface area contributed by atoms with Crippen molar-refractivity contribution in [2.24, 2.45) is 28.3 Å². The maximum absolute atomic E-state index is 13.8. The van der Waals surface area contributed by atoms with Crippen LogP contribution in [-0.4, -0.2) is 67.2 Å². The number of guanidine groups is 1. The lowest BCUT2D eigenvalue weighted by Gasteiger charge is -2.33. The van der Waals surface area contributed by atoms with Gasteiger partial charge in [0.2, 0.25) is 23.6 Å². The number of aliphatic imine (C=N–C) groups is 1. The molecule has 2 rings (SSSR count). The molecule has 0 aliphatic carbocycles. The van der Waals surface area contributed by atoms with Crippen LogP contribution in [0.2, 0.25) is 0 Å². The van der Waals surface area contributed by atoms with Crippen LogP contribution in [0.1, 0.15) is 71.4 Å². The molecule has 1 aromatic carbocycles. The molecule has 4 atom stereocenters. The Balaban J connectivity index is 2.51. The minimum atomic E-state index is -1.37. The third kappa shape index (κ3) is 9.45. The highest BCUT2D eigenvalue weighted by atomic mass is 16.5. The van der Waals surface area contributed by atoms with Crippen molar-refractivity contribution in [1.29, 1.82) is 0 Å². The summed E-state index contributed by atoms with van der Waals surface area (Å²) in [5, 5.41) is 11.1. The molecular weight excluding hydrogens is 542 g/mol. The zero-order valence-corrected chi connectivity index (χ0v) is 25.1. The zero-order chi connectivity index (χ0) is 31.4. The predicted octanol–water partition coefficient (Wildman–Crippen LogP) is 0.427. The molecule has 0 unspecified atom stereocenters. The van der Waals surface area contributed by atoms with Gasteiger partial charge in [0.1, 0.15) is 17.8 Å². The lowest BCUT2D eigenvalue weighted by atomic mass is 9.84. The molecule has 1 saturated heterocycles. The second-order valence-electron chi connectivity index (χ2n) is 10.9. The number of hydrogen-bond acceptors (Lipinski definition) is 7.